The van der Waals surface area contributed by atoms with E-state index in [9.17, 15) is 14.4 Å². The van der Waals surface area contributed by atoms with Crippen LogP contribution in [0.5, 0.6) is 0 Å². The van der Waals surface area contributed by atoms with Crippen molar-refractivity contribution in [2.45, 2.75) is 221 Å². The van der Waals surface area contributed by atoms with E-state index >= 15 is 0 Å². The van der Waals surface area contributed by atoms with Crippen LogP contribution in [0.1, 0.15) is 214 Å². The first-order chi connectivity index (χ1) is 22.8. The SMILES string of the molecule is CCCCCCCC(=O)OC[C@@H](COC(=O)CCCCCCCCCCCCC(C)CC)OC(=O)CCCCCCCCCC(C)C. The lowest BCUT2D eigenvalue weighted by Gasteiger charge is -2.18. The summed E-state index contributed by atoms with van der Waals surface area (Å²) in [5, 5.41) is 0. The summed E-state index contributed by atoms with van der Waals surface area (Å²) in [6.45, 7) is 11.2. The van der Waals surface area contributed by atoms with E-state index in [2.05, 4.69) is 34.6 Å². The first-order valence-corrected chi connectivity index (χ1v) is 20.3. The number of unbranched alkanes of at least 4 members (excludes halogenated alkanes) is 19. The number of hydrogen-bond donors (Lipinski definition) is 0. The number of carbonyl (C=O) groups is 3. The molecule has 0 N–H and O–H groups in total. The second-order valence-electron chi connectivity index (χ2n) is 14.6. The smallest absolute Gasteiger partial charge is 0.306 e. The van der Waals surface area contributed by atoms with E-state index in [0.717, 1.165) is 76.0 Å². The van der Waals surface area contributed by atoms with Crippen molar-refractivity contribution in [3.63, 3.8) is 0 Å². The van der Waals surface area contributed by atoms with Crippen molar-refractivity contribution < 1.29 is 28.6 Å². The highest BCUT2D eigenvalue weighted by molar-refractivity contribution is 5.71. The van der Waals surface area contributed by atoms with Crippen LogP contribution >= 0.6 is 0 Å². The molecule has 0 aliphatic heterocycles. The summed E-state index contributed by atoms with van der Waals surface area (Å²) in [5.74, 6) is 0.767. The second-order valence-corrected chi connectivity index (χ2v) is 14.6. The highest BCUT2D eigenvalue weighted by atomic mass is 16.6. The largest absolute Gasteiger partial charge is 0.462 e. The standard InChI is InChI=1S/C41H78O6/c1-6-8-9-19-26-31-39(42)45-34-38(47-41(44)33-28-23-18-14-15-20-24-29-36(3)4)35-46-40(43)32-27-22-17-13-11-10-12-16-21-25-30-37(5)7-2/h36-38H,6-35H2,1-5H3/t37?,38-/m0/s1. The monoisotopic (exact) mass is 667 g/mol. The quantitative estimate of drug-likeness (QED) is 0.0380. The number of carbonyl (C=O) groups excluding carboxylic acids is 3. The fourth-order valence-corrected chi connectivity index (χ4v) is 5.84. The zero-order valence-electron chi connectivity index (χ0n) is 31.9. The van der Waals surface area contributed by atoms with Gasteiger partial charge in [-0.05, 0) is 31.1 Å². The number of esters is 3. The summed E-state index contributed by atoms with van der Waals surface area (Å²) in [6.07, 6.45) is 29.7. The topological polar surface area (TPSA) is 78.9 Å². The fourth-order valence-electron chi connectivity index (χ4n) is 5.84. The van der Waals surface area contributed by atoms with Crippen molar-refractivity contribution in [3.8, 4) is 0 Å². The van der Waals surface area contributed by atoms with Crippen LogP contribution in [0.25, 0.3) is 0 Å². The van der Waals surface area contributed by atoms with E-state index in [1.54, 1.807) is 0 Å². The van der Waals surface area contributed by atoms with Gasteiger partial charge in [0, 0.05) is 19.3 Å². The lowest BCUT2D eigenvalue weighted by Crippen LogP contribution is -2.30. The molecule has 0 radical (unpaired) electrons. The Hall–Kier alpha value is -1.59. The molecule has 0 amide bonds. The first kappa shape index (κ1) is 45.4. The highest BCUT2D eigenvalue weighted by Crippen LogP contribution is 2.16. The van der Waals surface area contributed by atoms with E-state index in [1.807, 2.05) is 0 Å². The Bertz CT molecular complexity index is 721. The lowest BCUT2D eigenvalue weighted by atomic mass is 9.99. The summed E-state index contributed by atoms with van der Waals surface area (Å²) >= 11 is 0. The Morgan fingerprint density at radius 2 is 0.809 bits per heavy atom. The molecule has 0 aromatic heterocycles. The van der Waals surface area contributed by atoms with Crippen molar-refractivity contribution in [2.24, 2.45) is 11.8 Å². The molecule has 1 unspecified atom stereocenters. The summed E-state index contributed by atoms with van der Waals surface area (Å²) < 4.78 is 16.5. The Kier molecular flexibility index (Phi) is 33.1. The van der Waals surface area contributed by atoms with Crippen molar-refractivity contribution in [1.29, 1.82) is 0 Å². The first-order valence-electron chi connectivity index (χ1n) is 20.3. The van der Waals surface area contributed by atoms with Crippen molar-refractivity contribution >= 4 is 17.9 Å². The predicted octanol–water partition coefficient (Wildman–Crippen LogP) is 12.2. The van der Waals surface area contributed by atoms with Gasteiger partial charge >= 0.3 is 17.9 Å². The van der Waals surface area contributed by atoms with Crippen molar-refractivity contribution in [1.82, 2.24) is 0 Å². The second kappa shape index (κ2) is 34.3. The summed E-state index contributed by atoms with van der Waals surface area (Å²) in [5.41, 5.74) is 0. The highest BCUT2D eigenvalue weighted by Gasteiger charge is 2.19. The maximum Gasteiger partial charge on any atom is 0.306 e. The van der Waals surface area contributed by atoms with Crippen LogP contribution in [-0.4, -0.2) is 37.2 Å². The Labute approximate surface area is 291 Å². The van der Waals surface area contributed by atoms with Crippen LogP contribution < -0.4 is 0 Å². The molecule has 0 aliphatic carbocycles. The molecule has 0 spiro atoms. The van der Waals surface area contributed by atoms with Gasteiger partial charge in [0.15, 0.2) is 6.10 Å². The maximum absolute atomic E-state index is 12.6. The van der Waals surface area contributed by atoms with Crippen molar-refractivity contribution in [3.05, 3.63) is 0 Å². The van der Waals surface area contributed by atoms with Crippen molar-refractivity contribution in [2.75, 3.05) is 13.2 Å². The Morgan fingerprint density at radius 1 is 0.447 bits per heavy atom. The van der Waals surface area contributed by atoms with Gasteiger partial charge in [-0.3, -0.25) is 14.4 Å². The molecule has 278 valence electrons. The van der Waals surface area contributed by atoms with Gasteiger partial charge in [-0.15, -0.1) is 0 Å². The minimum Gasteiger partial charge on any atom is -0.462 e. The van der Waals surface area contributed by atoms with E-state index in [1.165, 1.54) is 96.3 Å². The van der Waals surface area contributed by atoms with Gasteiger partial charge < -0.3 is 14.2 Å². The molecule has 6 nitrogen and oxygen atoms in total. The molecule has 6 heteroatoms. The molecule has 0 fully saturated rings. The Morgan fingerprint density at radius 3 is 1.21 bits per heavy atom. The molecule has 0 rings (SSSR count). The molecule has 0 saturated carbocycles. The Balaban J connectivity index is 4.24. The van der Waals surface area contributed by atoms with Crippen LogP contribution in [0.2, 0.25) is 0 Å². The third-order valence-electron chi connectivity index (χ3n) is 9.33. The third kappa shape index (κ3) is 34.1. The molecule has 0 aromatic carbocycles. The van der Waals surface area contributed by atoms with Crippen LogP contribution in [0.15, 0.2) is 0 Å². The van der Waals surface area contributed by atoms with Gasteiger partial charge in [-0.25, -0.2) is 0 Å². The summed E-state index contributed by atoms with van der Waals surface area (Å²) in [6, 6.07) is 0. The third-order valence-corrected chi connectivity index (χ3v) is 9.33. The molecule has 0 aliphatic rings. The molecular formula is C41H78O6. The lowest BCUT2D eigenvalue weighted by molar-refractivity contribution is -0.167. The summed E-state index contributed by atoms with van der Waals surface area (Å²) in [4.78, 5) is 37.3. The number of rotatable bonds is 35. The molecule has 2 atom stereocenters. The normalized spacial score (nSPS) is 12.6. The maximum atomic E-state index is 12.6. The average Bonchev–Trinajstić information content (AvgIpc) is 3.05. The van der Waals surface area contributed by atoms with Crippen LogP contribution in [0, 0.1) is 11.8 Å². The zero-order chi connectivity index (χ0) is 34.8. The van der Waals surface area contributed by atoms with E-state index < -0.39 is 6.10 Å². The number of ether oxygens (including phenoxy) is 3. The van der Waals surface area contributed by atoms with Gasteiger partial charge in [0.1, 0.15) is 13.2 Å². The van der Waals surface area contributed by atoms with Crippen LogP contribution in [-0.2, 0) is 28.6 Å². The molecule has 0 saturated heterocycles. The van der Waals surface area contributed by atoms with Gasteiger partial charge in [0.2, 0.25) is 0 Å². The zero-order valence-corrected chi connectivity index (χ0v) is 31.9. The van der Waals surface area contributed by atoms with E-state index in [-0.39, 0.29) is 31.1 Å². The number of hydrogen-bond acceptors (Lipinski definition) is 6. The van der Waals surface area contributed by atoms with E-state index in [0.29, 0.717) is 19.3 Å². The van der Waals surface area contributed by atoms with Crippen LogP contribution in [0.3, 0.4) is 0 Å². The molecule has 0 bridgehead atoms. The molecule has 0 aromatic rings. The minimum atomic E-state index is -0.758. The summed E-state index contributed by atoms with van der Waals surface area (Å²) in [7, 11) is 0. The molecular weight excluding hydrogens is 588 g/mol. The van der Waals surface area contributed by atoms with E-state index in [4.69, 9.17) is 14.2 Å². The molecule has 47 heavy (non-hydrogen) atoms. The minimum absolute atomic E-state index is 0.0674. The van der Waals surface area contributed by atoms with Gasteiger partial charge in [0.25, 0.3) is 0 Å². The predicted molar refractivity (Wildman–Crippen MR) is 196 cm³/mol. The van der Waals surface area contributed by atoms with Gasteiger partial charge in [0.05, 0.1) is 0 Å². The van der Waals surface area contributed by atoms with Crippen LogP contribution in [0.4, 0.5) is 0 Å². The van der Waals surface area contributed by atoms with Gasteiger partial charge in [-0.1, -0.05) is 176 Å². The van der Waals surface area contributed by atoms with Gasteiger partial charge in [-0.2, -0.15) is 0 Å². The fraction of sp³-hybridized carbons (Fsp3) is 0.927. The average molecular weight is 667 g/mol. The molecule has 0 heterocycles.